The molecule has 2 aromatic rings. The molecule has 25 heavy (non-hydrogen) atoms. The maximum atomic E-state index is 5.75. The minimum Gasteiger partial charge on any atom is -0.387 e. The molecule has 0 saturated heterocycles. The van der Waals surface area contributed by atoms with Gasteiger partial charge in [-0.15, -0.1) is 0 Å². The second kappa shape index (κ2) is 7.09. The van der Waals surface area contributed by atoms with Gasteiger partial charge in [-0.2, -0.15) is 0 Å². The van der Waals surface area contributed by atoms with E-state index in [1.165, 1.54) is 16.7 Å². The SMILES string of the molecule is Cc1ccc(C2=NOC(c3cc(C)c(N=CN(C)C)cc3C)C2)cc1. The van der Waals surface area contributed by atoms with Crippen molar-refractivity contribution in [3.63, 3.8) is 0 Å². The van der Waals surface area contributed by atoms with Crippen molar-refractivity contribution < 1.29 is 4.84 Å². The van der Waals surface area contributed by atoms with E-state index in [9.17, 15) is 0 Å². The zero-order chi connectivity index (χ0) is 18.0. The van der Waals surface area contributed by atoms with Crippen LogP contribution < -0.4 is 0 Å². The summed E-state index contributed by atoms with van der Waals surface area (Å²) in [5.74, 6) is 0. The average molecular weight is 335 g/mol. The summed E-state index contributed by atoms with van der Waals surface area (Å²) in [7, 11) is 3.94. The van der Waals surface area contributed by atoms with E-state index in [4.69, 9.17) is 4.84 Å². The van der Waals surface area contributed by atoms with Gasteiger partial charge in [0.2, 0.25) is 0 Å². The van der Waals surface area contributed by atoms with Crippen LogP contribution in [-0.4, -0.2) is 31.0 Å². The lowest BCUT2D eigenvalue weighted by Crippen LogP contribution is -2.07. The van der Waals surface area contributed by atoms with Crippen molar-refractivity contribution in [3.05, 3.63) is 64.2 Å². The van der Waals surface area contributed by atoms with Crippen LogP contribution in [0.1, 0.15) is 40.3 Å². The molecule has 1 heterocycles. The smallest absolute Gasteiger partial charge is 0.158 e. The molecule has 0 aromatic heterocycles. The van der Waals surface area contributed by atoms with E-state index in [0.717, 1.165) is 28.9 Å². The molecule has 1 atom stereocenters. The first-order valence-electron chi connectivity index (χ1n) is 8.55. The van der Waals surface area contributed by atoms with Gasteiger partial charge < -0.3 is 9.74 Å². The van der Waals surface area contributed by atoms with E-state index in [0.29, 0.717) is 0 Å². The van der Waals surface area contributed by atoms with Crippen LogP contribution in [0, 0.1) is 20.8 Å². The van der Waals surface area contributed by atoms with Crippen LogP contribution in [0.5, 0.6) is 0 Å². The van der Waals surface area contributed by atoms with Crippen molar-refractivity contribution in [3.8, 4) is 0 Å². The number of nitrogens with zero attached hydrogens (tertiary/aromatic N) is 3. The zero-order valence-electron chi connectivity index (χ0n) is 15.6. The fourth-order valence-electron chi connectivity index (χ4n) is 2.95. The summed E-state index contributed by atoms with van der Waals surface area (Å²) < 4.78 is 0. The van der Waals surface area contributed by atoms with Gasteiger partial charge in [-0.3, -0.25) is 0 Å². The van der Waals surface area contributed by atoms with E-state index in [-0.39, 0.29) is 6.10 Å². The number of benzene rings is 2. The van der Waals surface area contributed by atoms with Crippen LogP contribution in [-0.2, 0) is 4.84 Å². The molecule has 4 heteroatoms. The maximum Gasteiger partial charge on any atom is 0.158 e. The van der Waals surface area contributed by atoms with Crippen LogP contribution >= 0.6 is 0 Å². The van der Waals surface area contributed by atoms with Crippen molar-refractivity contribution in [2.24, 2.45) is 10.1 Å². The van der Waals surface area contributed by atoms with Gasteiger partial charge in [-0.25, -0.2) is 4.99 Å². The lowest BCUT2D eigenvalue weighted by Gasteiger charge is -2.14. The molecular weight excluding hydrogens is 310 g/mol. The number of hydrogen-bond donors (Lipinski definition) is 0. The summed E-state index contributed by atoms with van der Waals surface area (Å²) >= 11 is 0. The van der Waals surface area contributed by atoms with Crippen LogP contribution in [0.4, 0.5) is 5.69 Å². The number of aryl methyl sites for hydroxylation is 3. The molecule has 1 aliphatic rings. The molecular formula is C21H25N3O. The van der Waals surface area contributed by atoms with Crippen LogP contribution in [0.25, 0.3) is 0 Å². The quantitative estimate of drug-likeness (QED) is 0.600. The standard InChI is InChI=1S/C21H25N3O/c1-14-6-8-17(9-7-14)20-12-21(25-23-20)18-10-16(3)19(11-15(18)2)22-13-24(4)5/h6-11,13,21H,12H2,1-5H3. The summed E-state index contributed by atoms with van der Waals surface area (Å²) in [6, 6.07) is 12.7. The molecule has 3 rings (SSSR count). The second-order valence-electron chi connectivity index (χ2n) is 6.91. The van der Waals surface area contributed by atoms with E-state index in [1.54, 1.807) is 0 Å². The summed E-state index contributed by atoms with van der Waals surface area (Å²) in [6.45, 7) is 6.28. The summed E-state index contributed by atoms with van der Waals surface area (Å²) in [6.07, 6.45) is 2.59. The highest BCUT2D eigenvalue weighted by atomic mass is 16.6. The molecule has 0 spiro atoms. The second-order valence-corrected chi connectivity index (χ2v) is 6.91. The topological polar surface area (TPSA) is 37.2 Å². The fourth-order valence-corrected chi connectivity index (χ4v) is 2.95. The minimum absolute atomic E-state index is 0.0260. The van der Waals surface area contributed by atoms with Crippen molar-refractivity contribution >= 4 is 17.7 Å². The molecule has 0 amide bonds. The van der Waals surface area contributed by atoms with Gasteiger partial charge in [-0.1, -0.05) is 35.0 Å². The largest absolute Gasteiger partial charge is 0.387 e. The number of hydrogen-bond acceptors (Lipinski definition) is 3. The molecule has 1 unspecified atom stereocenters. The normalized spacial score (nSPS) is 16.8. The molecule has 0 bridgehead atoms. The van der Waals surface area contributed by atoms with Crippen LogP contribution in [0.15, 0.2) is 46.5 Å². The first-order chi connectivity index (χ1) is 11.9. The highest BCUT2D eigenvalue weighted by Crippen LogP contribution is 2.34. The van der Waals surface area contributed by atoms with Crippen molar-refractivity contribution in [1.29, 1.82) is 0 Å². The molecule has 130 valence electrons. The van der Waals surface area contributed by atoms with Gasteiger partial charge in [0, 0.05) is 20.5 Å². The first-order valence-corrected chi connectivity index (χ1v) is 8.55. The Morgan fingerprint density at radius 2 is 1.80 bits per heavy atom. The Bertz CT molecular complexity index is 820. The van der Waals surface area contributed by atoms with Gasteiger partial charge in [0.05, 0.1) is 17.7 Å². The van der Waals surface area contributed by atoms with Gasteiger partial charge in [0.1, 0.15) is 0 Å². The Kier molecular flexibility index (Phi) is 4.88. The fraction of sp³-hybridized carbons (Fsp3) is 0.333. The van der Waals surface area contributed by atoms with E-state index in [1.807, 2.05) is 25.3 Å². The lowest BCUT2D eigenvalue weighted by atomic mass is 9.95. The van der Waals surface area contributed by atoms with E-state index in [2.05, 4.69) is 67.3 Å². The molecule has 0 saturated carbocycles. The van der Waals surface area contributed by atoms with Gasteiger partial charge >= 0.3 is 0 Å². The monoisotopic (exact) mass is 335 g/mol. The molecule has 4 nitrogen and oxygen atoms in total. The third kappa shape index (κ3) is 3.90. The molecule has 1 aliphatic heterocycles. The van der Waals surface area contributed by atoms with Gasteiger partial charge in [0.15, 0.2) is 6.10 Å². The van der Waals surface area contributed by atoms with Crippen LogP contribution in [0.2, 0.25) is 0 Å². The Balaban J connectivity index is 1.79. The number of rotatable bonds is 4. The Morgan fingerprint density at radius 3 is 2.48 bits per heavy atom. The van der Waals surface area contributed by atoms with Crippen molar-refractivity contribution in [1.82, 2.24) is 4.90 Å². The molecule has 2 aromatic carbocycles. The predicted molar refractivity (Wildman–Crippen MR) is 104 cm³/mol. The molecule has 0 fully saturated rings. The van der Waals surface area contributed by atoms with Crippen molar-refractivity contribution in [2.45, 2.75) is 33.3 Å². The van der Waals surface area contributed by atoms with Crippen LogP contribution in [0.3, 0.4) is 0 Å². The van der Waals surface area contributed by atoms with Gasteiger partial charge in [0.25, 0.3) is 0 Å². The number of aliphatic imine (C=N–C) groups is 1. The number of oxime groups is 1. The Labute approximate surface area is 149 Å². The summed E-state index contributed by atoms with van der Waals surface area (Å²) in [5, 5.41) is 4.33. The van der Waals surface area contributed by atoms with Gasteiger partial charge in [-0.05, 0) is 55.2 Å². The lowest BCUT2D eigenvalue weighted by molar-refractivity contribution is 0.0852. The molecule has 0 N–H and O–H groups in total. The Hall–Kier alpha value is -2.62. The predicted octanol–water partition coefficient (Wildman–Crippen LogP) is 4.70. The Morgan fingerprint density at radius 1 is 1.08 bits per heavy atom. The third-order valence-electron chi connectivity index (χ3n) is 4.41. The van der Waals surface area contributed by atoms with E-state index >= 15 is 0 Å². The molecule has 0 radical (unpaired) electrons. The highest BCUT2D eigenvalue weighted by molar-refractivity contribution is 6.01. The maximum absolute atomic E-state index is 5.75. The third-order valence-corrected chi connectivity index (χ3v) is 4.41. The summed E-state index contributed by atoms with van der Waals surface area (Å²) in [4.78, 5) is 12.2. The van der Waals surface area contributed by atoms with E-state index < -0.39 is 0 Å². The zero-order valence-corrected chi connectivity index (χ0v) is 15.6. The minimum atomic E-state index is -0.0260. The molecule has 0 aliphatic carbocycles. The average Bonchev–Trinajstić information content (AvgIpc) is 3.05. The van der Waals surface area contributed by atoms with Crippen molar-refractivity contribution in [2.75, 3.05) is 14.1 Å². The highest BCUT2D eigenvalue weighted by Gasteiger charge is 2.25. The first kappa shape index (κ1) is 17.2. The summed E-state index contributed by atoms with van der Waals surface area (Å²) in [5.41, 5.74) is 7.90.